The summed E-state index contributed by atoms with van der Waals surface area (Å²) in [7, 11) is 0. The molecule has 2 nitrogen and oxygen atoms in total. The average Bonchev–Trinajstić information content (AvgIpc) is 2.05. The number of hydrogen-bond donors (Lipinski definition) is 2. The van der Waals surface area contributed by atoms with Crippen molar-refractivity contribution in [2.75, 3.05) is 6.54 Å². The van der Waals surface area contributed by atoms with Crippen LogP contribution in [0.4, 0.5) is 0 Å². The third-order valence-corrected chi connectivity index (χ3v) is 2.62. The van der Waals surface area contributed by atoms with Crippen LogP contribution in [0.15, 0.2) is 0 Å². The van der Waals surface area contributed by atoms with Crippen LogP contribution >= 0.6 is 0 Å². The number of hydrogen-bond acceptors (Lipinski definition) is 2. The summed E-state index contributed by atoms with van der Waals surface area (Å²) in [4.78, 5) is 0. The summed E-state index contributed by atoms with van der Waals surface area (Å²) in [6, 6.07) is 0.584. The summed E-state index contributed by atoms with van der Waals surface area (Å²) >= 11 is 0. The molecule has 1 rings (SSSR count). The van der Waals surface area contributed by atoms with E-state index in [1.165, 1.54) is 25.7 Å². The molecule has 0 aliphatic carbocycles. The molecule has 2 N–H and O–H groups in total. The van der Waals surface area contributed by atoms with Gasteiger partial charge >= 0.3 is 0 Å². The molecule has 1 aliphatic heterocycles. The van der Waals surface area contributed by atoms with Gasteiger partial charge in [-0.1, -0.05) is 26.2 Å². The predicted octanol–water partition coefficient (Wildman–Crippen LogP) is 1.68. The average molecular weight is 171 g/mol. The molecule has 0 radical (unpaired) electrons. The summed E-state index contributed by atoms with van der Waals surface area (Å²) < 4.78 is 0. The molecule has 12 heavy (non-hydrogen) atoms. The molecule has 2 atom stereocenters. The van der Waals surface area contributed by atoms with E-state index in [0.717, 1.165) is 19.4 Å². The highest BCUT2D eigenvalue weighted by atomic mass is 16.3. The van der Waals surface area contributed by atoms with Gasteiger partial charge in [-0.2, -0.15) is 0 Å². The molecule has 72 valence electrons. The standard InChI is InChI=1S/C10H21NO/c1-2-3-4-5-9-8-10(12)6-7-11-9/h9-12H,2-8H2,1H3. The first-order chi connectivity index (χ1) is 5.83. The van der Waals surface area contributed by atoms with Crippen LogP contribution in [-0.2, 0) is 0 Å². The van der Waals surface area contributed by atoms with E-state index in [1.54, 1.807) is 0 Å². The third kappa shape index (κ3) is 3.55. The smallest absolute Gasteiger partial charge is 0.0567 e. The molecule has 2 heteroatoms. The van der Waals surface area contributed by atoms with E-state index in [2.05, 4.69) is 12.2 Å². The van der Waals surface area contributed by atoms with Crippen molar-refractivity contribution in [3.8, 4) is 0 Å². The lowest BCUT2D eigenvalue weighted by molar-refractivity contribution is 0.114. The lowest BCUT2D eigenvalue weighted by Gasteiger charge is -2.27. The Bertz CT molecular complexity index is 116. The van der Waals surface area contributed by atoms with E-state index in [1.807, 2.05) is 0 Å². The second-order valence-corrected chi connectivity index (χ2v) is 3.83. The first-order valence-electron chi connectivity index (χ1n) is 5.24. The van der Waals surface area contributed by atoms with E-state index < -0.39 is 0 Å². The van der Waals surface area contributed by atoms with Gasteiger partial charge in [-0.05, 0) is 25.8 Å². The molecule has 0 amide bonds. The molecular formula is C10H21NO. The maximum Gasteiger partial charge on any atom is 0.0567 e. The largest absolute Gasteiger partial charge is 0.393 e. The third-order valence-electron chi connectivity index (χ3n) is 2.62. The zero-order chi connectivity index (χ0) is 8.81. The van der Waals surface area contributed by atoms with Gasteiger partial charge in [0.05, 0.1) is 6.10 Å². The van der Waals surface area contributed by atoms with E-state index in [9.17, 15) is 5.11 Å². The highest BCUT2D eigenvalue weighted by Gasteiger charge is 2.18. The highest BCUT2D eigenvalue weighted by Crippen LogP contribution is 2.13. The topological polar surface area (TPSA) is 32.3 Å². The lowest BCUT2D eigenvalue weighted by Crippen LogP contribution is -2.40. The Hall–Kier alpha value is -0.0800. The predicted molar refractivity (Wildman–Crippen MR) is 51.2 cm³/mol. The zero-order valence-corrected chi connectivity index (χ0v) is 8.05. The van der Waals surface area contributed by atoms with Crippen LogP contribution < -0.4 is 5.32 Å². The van der Waals surface area contributed by atoms with Gasteiger partial charge in [-0.25, -0.2) is 0 Å². The van der Waals surface area contributed by atoms with Crippen molar-refractivity contribution in [1.82, 2.24) is 5.32 Å². The van der Waals surface area contributed by atoms with E-state index >= 15 is 0 Å². The van der Waals surface area contributed by atoms with Gasteiger partial charge in [0.25, 0.3) is 0 Å². The Labute approximate surface area is 75.4 Å². The minimum absolute atomic E-state index is 0.0436. The Kier molecular flexibility index (Phi) is 4.62. The van der Waals surface area contributed by atoms with E-state index in [0.29, 0.717) is 6.04 Å². The van der Waals surface area contributed by atoms with Gasteiger partial charge in [0.2, 0.25) is 0 Å². The molecule has 0 bridgehead atoms. The van der Waals surface area contributed by atoms with E-state index in [-0.39, 0.29) is 6.10 Å². The van der Waals surface area contributed by atoms with Crippen LogP contribution in [-0.4, -0.2) is 23.8 Å². The fourth-order valence-electron chi connectivity index (χ4n) is 1.84. The van der Waals surface area contributed by atoms with Crippen molar-refractivity contribution in [2.45, 2.75) is 57.6 Å². The number of piperidine rings is 1. The normalized spacial score (nSPS) is 30.5. The number of unbranched alkanes of at least 4 members (excludes halogenated alkanes) is 2. The summed E-state index contributed by atoms with van der Waals surface area (Å²) in [5.41, 5.74) is 0. The Morgan fingerprint density at radius 3 is 2.92 bits per heavy atom. The Morgan fingerprint density at radius 2 is 2.25 bits per heavy atom. The molecule has 2 unspecified atom stereocenters. The van der Waals surface area contributed by atoms with Crippen molar-refractivity contribution in [1.29, 1.82) is 0 Å². The number of aliphatic hydroxyl groups excluding tert-OH is 1. The molecule has 1 fully saturated rings. The Balaban J connectivity index is 2.06. The number of nitrogens with one attached hydrogen (secondary N) is 1. The fourth-order valence-corrected chi connectivity index (χ4v) is 1.84. The molecule has 0 spiro atoms. The number of aliphatic hydroxyl groups is 1. The molecular weight excluding hydrogens is 150 g/mol. The maximum absolute atomic E-state index is 9.40. The summed E-state index contributed by atoms with van der Waals surface area (Å²) in [6.07, 6.45) is 7.02. The van der Waals surface area contributed by atoms with E-state index in [4.69, 9.17) is 0 Å². The molecule has 1 aliphatic rings. The van der Waals surface area contributed by atoms with Gasteiger partial charge in [0, 0.05) is 6.04 Å². The monoisotopic (exact) mass is 171 g/mol. The molecule has 1 saturated heterocycles. The van der Waals surface area contributed by atoms with Gasteiger partial charge < -0.3 is 10.4 Å². The van der Waals surface area contributed by atoms with Crippen LogP contribution in [0.25, 0.3) is 0 Å². The van der Waals surface area contributed by atoms with Crippen molar-refractivity contribution in [3.63, 3.8) is 0 Å². The first-order valence-corrected chi connectivity index (χ1v) is 5.24. The maximum atomic E-state index is 9.40. The molecule has 0 aromatic carbocycles. The second-order valence-electron chi connectivity index (χ2n) is 3.83. The SMILES string of the molecule is CCCCCC1CC(O)CCN1. The van der Waals surface area contributed by atoms with Crippen molar-refractivity contribution >= 4 is 0 Å². The van der Waals surface area contributed by atoms with Crippen molar-refractivity contribution in [3.05, 3.63) is 0 Å². The molecule has 1 heterocycles. The molecule has 0 saturated carbocycles. The molecule has 0 aromatic heterocycles. The fraction of sp³-hybridized carbons (Fsp3) is 1.00. The highest BCUT2D eigenvalue weighted by molar-refractivity contribution is 4.77. The lowest BCUT2D eigenvalue weighted by atomic mass is 9.97. The van der Waals surface area contributed by atoms with Gasteiger partial charge in [-0.3, -0.25) is 0 Å². The minimum Gasteiger partial charge on any atom is -0.393 e. The second kappa shape index (κ2) is 5.55. The quantitative estimate of drug-likeness (QED) is 0.631. The van der Waals surface area contributed by atoms with Crippen LogP contribution in [0.5, 0.6) is 0 Å². The van der Waals surface area contributed by atoms with Gasteiger partial charge in [-0.15, -0.1) is 0 Å². The molecule has 0 aromatic rings. The van der Waals surface area contributed by atoms with Crippen LogP contribution in [0.3, 0.4) is 0 Å². The van der Waals surface area contributed by atoms with Crippen LogP contribution in [0, 0.1) is 0 Å². The van der Waals surface area contributed by atoms with Crippen LogP contribution in [0.2, 0.25) is 0 Å². The summed E-state index contributed by atoms with van der Waals surface area (Å²) in [6.45, 7) is 3.22. The van der Waals surface area contributed by atoms with Crippen molar-refractivity contribution in [2.24, 2.45) is 0 Å². The Morgan fingerprint density at radius 1 is 1.42 bits per heavy atom. The summed E-state index contributed by atoms with van der Waals surface area (Å²) in [5, 5.41) is 12.8. The summed E-state index contributed by atoms with van der Waals surface area (Å²) in [5.74, 6) is 0. The first kappa shape index (κ1) is 10.0. The van der Waals surface area contributed by atoms with Crippen molar-refractivity contribution < 1.29 is 5.11 Å². The van der Waals surface area contributed by atoms with Gasteiger partial charge in [0.1, 0.15) is 0 Å². The van der Waals surface area contributed by atoms with Crippen LogP contribution in [0.1, 0.15) is 45.4 Å². The minimum atomic E-state index is -0.0436. The zero-order valence-electron chi connectivity index (χ0n) is 8.05. The number of rotatable bonds is 4. The van der Waals surface area contributed by atoms with Gasteiger partial charge in [0.15, 0.2) is 0 Å².